The van der Waals surface area contributed by atoms with Gasteiger partial charge in [-0.3, -0.25) is 0 Å². The van der Waals surface area contributed by atoms with E-state index in [1.807, 2.05) is 0 Å². The second kappa shape index (κ2) is 72.4. The van der Waals surface area contributed by atoms with E-state index in [1.54, 1.807) is 0 Å². The Morgan fingerprint density at radius 2 is 0.433 bits per heavy atom. The molecular weight excluding hydrogens is 1570 g/mol. The van der Waals surface area contributed by atoms with Crippen LogP contribution in [0.15, 0.2) is 0 Å². The number of hydrogen-bond donors (Lipinski definition) is 0. The zero-order chi connectivity index (χ0) is 21.5. The van der Waals surface area contributed by atoms with Gasteiger partial charge in [-0.1, -0.05) is 0 Å². The molecule has 0 fully saturated rings. The van der Waals surface area contributed by atoms with E-state index in [4.69, 9.17) is 59.6 Å². The van der Waals surface area contributed by atoms with E-state index in [1.165, 1.54) is 0 Å². The molecule has 0 heterocycles. The summed E-state index contributed by atoms with van der Waals surface area (Å²) in [6.45, 7) is 0. The third-order valence-electron chi connectivity index (χ3n) is 0. The molecule has 0 saturated heterocycles. The second-order valence-corrected chi connectivity index (χ2v) is 7.53. The second-order valence-electron chi connectivity index (χ2n) is 1.50. The molecule has 0 bridgehead atoms. The minimum atomic E-state index is -4.29. The molecule has 0 aliphatic heterocycles. The molecule has 0 atom stereocenters. The maximum absolute atomic E-state index is 8.61. The van der Waals surface area contributed by atoms with Crippen molar-refractivity contribution in [3.05, 3.63) is 0 Å². The summed E-state index contributed by atoms with van der Waals surface area (Å²) in [5.41, 5.74) is 0. The van der Waals surface area contributed by atoms with Gasteiger partial charge in [-0.25, -0.2) is 0 Å². The van der Waals surface area contributed by atoms with Gasteiger partial charge in [-0.15, -0.1) is 0 Å². The molecule has 0 aromatic heterocycles. The molecule has 0 N–H and O–H groups in total. The van der Waals surface area contributed by atoms with Crippen LogP contribution in [0.1, 0.15) is 0 Å². The number of hydrogen-bond acceptors (Lipinski definition) is 18. The summed E-state index contributed by atoms with van der Waals surface area (Å²) in [5.74, 6) is 0. The van der Waals surface area contributed by atoms with Crippen molar-refractivity contribution < 1.29 is 183 Å². The Bertz CT molecular complexity index is 288. The van der Waals surface area contributed by atoms with Crippen molar-refractivity contribution in [2.45, 2.75) is 0 Å². The topological polar surface area (TPSA) is 379 Å². The summed E-state index contributed by atoms with van der Waals surface area (Å²) < 4.78 is 155. The van der Waals surface area contributed by atoms with Gasteiger partial charge in [0.05, 0.1) is 0 Å². The quantitative estimate of drug-likeness (QED) is 0.203. The van der Waals surface area contributed by atoms with Crippen molar-refractivity contribution in [1.29, 1.82) is 0 Å². The SMILES string of the molecule is [Ba+2].[Ba+2].[O]=[Ti]([O-])[O-].[O]=[Ti]([O-])[O-].[O]=[Ti]([O-])[O-].[O]=[Zr]([O-])[O-].[O]=[Zr]([O-])[O-].[O]=[Zr]([O-])[O-].[Pb+2].[Pb+2].[Sr+2].[Sr+2]. The third kappa shape index (κ3) is 463. The summed E-state index contributed by atoms with van der Waals surface area (Å²) >= 11 is -25.1. The summed E-state index contributed by atoms with van der Waals surface area (Å²) in [6.07, 6.45) is 0. The Kier molecular flexibility index (Phi) is 188. The average Bonchev–Trinajstić information content (AvgIpc) is 2.08. The van der Waals surface area contributed by atoms with Gasteiger partial charge in [-0.2, -0.15) is 0 Å². The van der Waals surface area contributed by atoms with Crippen LogP contribution in [0.4, 0.5) is 0 Å². The summed E-state index contributed by atoms with van der Waals surface area (Å²) in [5, 5.41) is 0. The molecule has 18 nitrogen and oxygen atoms in total. The maximum atomic E-state index is 8.61. The van der Waals surface area contributed by atoms with E-state index < -0.39 is 124 Å². The van der Waals surface area contributed by atoms with Gasteiger partial charge >= 0.3 is 427 Å². The monoisotopic (exact) mass is 1570 g/mol. The van der Waals surface area contributed by atoms with E-state index in [9.17, 15) is 0 Å². The van der Waals surface area contributed by atoms with Crippen LogP contribution >= 0.6 is 0 Å². The predicted octanol–water partition coefficient (Wildman–Crippen LogP) is -17.3. The fourth-order valence-electron chi connectivity index (χ4n) is 0. The maximum Gasteiger partial charge on any atom is 2.00 e. The van der Waals surface area contributed by atoms with Crippen LogP contribution < -0.4 is 41.2 Å². The Morgan fingerprint density at radius 1 is 0.433 bits per heavy atom. The van der Waals surface area contributed by atoms with Gasteiger partial charge in [-0.05, 0) is 0 Å². The van der Waals surface area contributed by atoms with Crippen LogP contribution in [-0.4, -0.2) is 243 Å². The molecule has 0 aromatic rings. The first-order valence-corrected chi connectivity index (χ1v) is 18.4. The van der Waals surface area contributed by atoms with Gasteiger partial charge in [0.25, 0.3) is 0 Å². The molecule has 0 spiro atoms. The first-order valence-electron chi connectivity index (χ1n) is 3.67. The van der Waals surface area contributed by atoms with E-state index >= 15 is 0 Å². The normalized spacial score (nSPS) is 5.20. The summed E-state index contributed by atoms with van der Waals surface area (Å²) in [7, 11) is 0. The molecule has 30 heteroatoms. The van der Waals surface area contributed by atoms with Gasteiger partial charge in [0.15, 0.2) is 0 Å². The van der Waals surface area contributed by atoms with Gasteiger partial charge in [0.2, 0.25) is 0 Å². The van der Waals surface area contributed by atoms with E-state index in [-0.39, 0.29) is 243 Å². The predicted molar refractivity (Wildman–Crippen MR) is 38.6 cm³/mol. The molecule has 30 heavy (non-hydrogen) atoms. The van der Waals surface area contributed by atoms with Crippen LogP contribution in [0.2, 0.25) is 0 Å². The van der Waals surface area contributed by atoms with E-state index in [0.29, 0.717) is 0 Å². The summed E-state index contributed by atoms with van der Waals surface area (Å²) in [4.78, 5) is 0. The fourth-order valence-corrected chi connectivity index (χ4v) is 0. The first kappa shape index (κ1) is 78.0. The zero-order valence-corrected chi connectivity index (χ0v) is 49.8. The van der Waals surface area contributed by atoms with Crippen molar-refractivity contribution in [3.63, 3.8) is 0 Å². The molecule has 0 unspecified atom stereocenters. The van der Waals surface area contributed by atoms with Crippen molar-refractivity contribution in [3.8, 4) is 0 Å². The molecule has 0 aliphatic rings. The Hall–Kier alpha value is 11.1. The van der Waals surface area contributed by atoms with Gasteiger partial charge < -0.3 is 0 Å². The van der Waals surface area contributed by atoms with Crippen molar-refractivity contribution in [2.24, 2.45) is 0 Å². The molecule has 0 aromatic carbocycles. The van der Waals surface area contributed by atoms with Gasteiger partial charge in [0.1, 0.15) is 0 Å². The Balaban J connectivity index is -0.0000000125. The molecule has 0 amide bonds. The fraction of sp³-hybridized carbons (Fsp3) is 0. The molecule has 0 aliphatic carbocycles. The molecule has 148 valence electrons. The van der Waals surface area contributed by atoms with Gasteiger partial charge in [0, 0.05) is 0 Å². The van der Waals surface area contributed by atoms with Crippen LogP contribution in [-0.2, 0) is 142 Å². The van der Waals surface area contributed by atoms with Crippen molar-refractivity contribution in [1.82, 2.24) is 0 Å². The zero-order valence-electron chi connectivity index (χ0n) is 14.2. The molecule has 0 saturated carbocycles. The minimum Gasteiger partial charge on any atom is 2.00 e. The minimum absolute atomic E-state index is 0. The third-order valence-corrected chi connectivity index (χ3v) is 0. The molecule has 0 rings (SSSR count). The van der Waals surface area contributed by atoms with Crippen LogP contribution in [0, 0.1) is 0 Å². The van der Waals surface area contributed by atoms with Crippen LogP contribution in [0.3, 0.4) is 0 Å². The average molecular weight is 1570 g/mol. The number of rotatable bonds is 0. The molecule has 4 radical (unpaired) electrons. The van der Waals surface area contributed by atoms with E-state index in [0.717, 1.165) is 0 Å². The van der Waals surface area contributed by atoms with E-state index in [2.05, 4.69) is 0 Å². The first-order chi connectivity index (χ1) is 10.4. The van der Waals surface area contributed by atoms with Crippen LogP contribution in [0.5, 0.6) is 0 Å². The van der Waals surface area contributed by atoms with Crippen molar-refractivity contribution in [2.75, 3.05) is 0 Å². The molecular formula is Ba2O18Pb2Sr2Ti3Zr3. The van der Waals surface area contributed by atoms with Crippen LogP contribution in [0.25, 0.3) is 0 Å². The Labute approximate surface area is 412 Å². The smallest absolute Gasteiger partial charge is 2.00 e. The standard InChI is InChI=1S/2Ba.18O.2Pb.2Sr.3Ti.3Zr/q2*+2;;;;;;;12*-1;4*+2;;;;;;. The largest absolute Gasteiger partial charge is 2.00 e. The summed E-state index contributed by atoms with van der Waals surface area (Å²) in [6, 6.07) is 0. The van der Waals surface area contributed by atoms with Crippen molar-refractivity contribution >= 4 is 243 Å². The Morgan fingerprint density at radius 3 is 0.433 bits per heavy atom.